The van der Waals surface area contributed by atoms with Gasteiger partial charge in [0.25, 0.3) is 5.91 Å². The number of cyclic esters (lactones) is 1. The van der Waals surface area contributed by atoms with Crippen molar-refractivity contribution < 1.29 is 29.0 Å². The van der Waals surface area contributed by atoms with Crippen LogP contribution in [0.3, 0.4) is 0 Å². The van der Waals surface area contributed by atoms with Crippen LogP contribution >= 0.6 is 24.0 Å². The molecule has 176 valence electrons. The minimum Gasteiger partial charge on any atom is -0.480 e. The Balaban J connectivity index is 1.36. The molecule has 4 rings (SSSR count). The molecule has 1 N–H and O–H groups in total. The van der Waals surface area contributed by atoms with Crippen LogP contribution in [-0.2, 0) is 20.7 Å². The molecule has 2 amide bonds. The van der Waals surface area contributed by atoms with E-state index in [0.29, 0.717) is 36.0 Å². The Labute approximate surface area is 206 Å². The molecular weight excluding hydrogens is 476 g/mol. The van der Waals surface area contributed by atoms with Gasteiger partial charge in [-0.15, -0.1) is 0 Å². The van der Waals surface area contributed by atoms with Crippen molar-refractivity contribution in [1.82, 2.24) is 9.80 Å². The minimum atomic E-state index is -1.11. The monoisotopic (exact) mass is 498 g/mol. The van der Waals surface area contributed by atoms with Gasteiger partial charge in [0.2, 0.25) is 0 Å². The van der Waals surface area contributed by atoms with E-state index in [4.69, 9.17) is 26.8 Å². The summed E-state index contributed by atoms with van der Waals surface area (Å²) in [5, 5.41) is 8.93. The zero-order chi connectivity index (χ0) is 24.2. The van der Waals surface area contributed by atoms with E-state index in [-0.39, 0.29) is 16.5 Å². The van der Waals surface area contributed by atoms with E-state index < -0.39 is 18.4 Å². The smallest absolute Gasteiger partial charge is 0.410 e. The second-order valence-corrected chi connectivity index (χ2v) is 9.37. The number of hydrogen-bond donors (Lipinski definition) is 1. The van der Waals surface area contributed by atoms with Crippen LogP contribution in [0.2, 0.25) is 0 Å². The zero-order valence-corrected chi connectivity index (χ0v) is 19.9. The van der Waals surface area contributed by atoms with E-state index in [2.05, 4.69) is 0 Å². The lowest BCUT2D eigenvalue weighted by atomic mass is 10.1. The summed E-state index contributed by atoms with van der Waals surface area (Å²) in [6, 6.07) is 14.9. The summed E-state index contributed by atoms with van der Waals surface area (Å²) < 4.78 is 11.3. The Hall–Kier alpha value is -3.37. The van der Waals surface area contributed by atoms with Gasteiger partial charge in [-0.05, 0) is 54.8 Å². The molecule has 0 radical (unpaired) electrons. The molecule has 1 atom stereocenters. The van der Waals surface area contributed by atoms with E-state index in [1.54, 1.807) is 23.1 Å². The number of thiocarbonyl (C=S) groups is 1. The summed E-state index contributed by atoms with van der Waals surface area (Å²) in [5.74, 6) is -0.210. The van der Waals surface area contributed by atoms with E-state index in [1.165, 1.54) is 0 Å². The molecule has 2 heterocycles. The fraction of sp³-hybridized carbons (Fsp3) is 0.250. The number of thioether (sulfide) groups is 1. The number of carboxylic acids is 1. The summed E-state index contributed by atoms with van der Waals surface area (Å²) in [4.78, 5) is 38.2. The van der Waals surface area contributed by atoms with Crippen LogP contribution < -0.4 is 4.74 Å². The molecule has 34 heavy (non-hydrogen) atoms. The first kappa shape index (κ1) is 23.8. The van der Waals surface area contributed by atoms with Crippen molar-refractivity contribution in [3.05, 3.63) is 64.6 Å². The molecule has 0 spiro atoms. The standard InChI is InChI=1S/C24H22N2O6S2/c1-2-25-17(14-31-23(25)30)11-15-3-7-18(8-4-15)32-19-9-5-16(6-10-19)12-20-22(29)26(13-21(27)28)24(33)34-20/h3-10,12,17H,2,11,13-14H2,1H3,(H,27,28). The summed E-state index contributed by atoms with van der Waals surface area (Å²) in [6.45, 7) is 2.51. The summed E-state index contributed by atoms with van der Waals surface area (Å²) >= 11 is 6.19. The summed E-state index contributed by atoms with van der Waals surface area (Å²) in [6.07, 6.45) is 2.13. The van der Waals surface area contributed by atoms with E-state index in [0.717, 1.165) is 27.8 Å². The number of ether oxygens (including phenoxy) is 2. The first-order chi connectivity index (χ1) is 16.3. The lowest BCUT2D eigenvalue weighted by Gasteiger charge is -2.19. The van der Waals surface area contributed by atoms with Crippen LogP contribution in [0.15, 0.2) is 53.4 Å². The van der Waals surface area contributed by atoms with Gasteiger partial charge < -0.3 is 19.5 Å². The fourth-order valence-electron chi connectivity index (χ4n) is 3.70. The number of likely N-dealkylation sites (N-methyl/N-ethyl adjacent to an activating group) is 1. The number of carboxylic acid groups (broad SMARTS) is 1. The van der Waals surface area contributed by atoms with Crippen LogP contribution in [0.5, 0.6) is 11.5 Å². The minimum absolute atomic E-state index is 0.0430. The zero-order valence-electron chi connectivity index (χ0n) is 18.3. The number of aliphatic carboxylic acids is 1. The molecule has 2 fully saturated rings. The van der Waals surface area contributed by atoms with Crippen molar-refractivity contribution in [1.29, 1.82) is 0 Å². The highest BCUT2D eigenvalue weighted by molar-refractivity contribution is 8.26. The molecule has 2 aliphatic rings. The molecular formula is C24H22N2O6S2. The number of rotatable bonds is 8. The largest absolute Gasteiger partial charge is 0.480 e. The summed E-state index contributed by atoms with van der Waals surface area (Å²) in [5.41, 5.74) is 1.86. The molecule has 0 saturated carbocycles. The summed E-state index contributed by atoms with van der Waals surface area (Å²) in [7, 11) is 0. The van der Waals surface area contributed by atoms with Crippen LogP contribution in [0, 0.1) is 0 Å². The number of carbonyl (C=O) groups excluding carboxylic acids is 2. The number of benzene rings is 2. The molecule has 2 saturated heterocycles. The van der Waals surface area contributed by atoms with Crippen molar-refractivity contribution in [3.8, 4) is 11.5 Å². The Bertz CT molecular complexity index is 1150. The highest BCUT2D eigenvalue weighted by Crippen LogP contribution is 2.33. The van der Waals surface area contributed by atoms with Gasteiger partial charge in [0.15, 0.2) is 0 Å². The predicted octanol–water partition coefficient (Wildman–Crippen LogP) is 4.15. The molecule has 2 aromatic rings. The number of carbonyl (C=O) groups is 3. The van der Waals surface area contributed by atoms with Crippen LogP contribution in [0.25, 0.3) is 6.08 Å². The van der Waals surface area contributed by atoms with Crippen molar-refractivity contribution in [3.63, 3.8) is 0 Å². The maximum atomic E-state index is 12.4. The third-order valence-electron chi connectivity index (χ3n) is 5.39. The highest BCUT2D eigenvalue weighted by Gasteiger charge is 2.33. The van der Waals surface area contributed by atoms with Crippen molar-refractivity contribution in [2.24, 2.45) is 0 Å². The maximum Gasteiger partial charge on any atom is 0.410 e. The van der Waals surface area contributed by atoms with Crippen LogP contribution in [0.1, 0.15) is 18.1 Å². The quantitative estimate of drug-likeness (QED) is 0.428. The normalized spacial score (nSPS) is 19.1. The molecule has 1 unspecified atom stereocenters. The molecule has 0 bridgehead atoms. The van der Waals surface area contributed by atoms with Gasteiger partial charge in [-0.1, -0.05) is 48.2 Å². The average molecular weight is 499 g/mol. The third kappa shape index (κ3) is 5.40. The van der Waals surface area contributed by atoms with Crippen LogP contribution in [0.4, 0.5) is 4.79 Å². The lowest BCUT2D eigenvalue weighted by Crippen LogP contribution is -2.34. The molecule has 0 aliphatic carbocycles. The molecule has 10 heteroatoms. The first-order valence-corrected chi connectivity index (χ1v) is 11.8. The molecule has 2 aromatic carbocycles. The lowest BCUT2D eigenvalue weighted by molar-refractivity contribution is -0.140. The van der Waals surface area contributed by atoms with Crippen molar-refractivity contribution >= 4 is 52.3 Å². The van der Waals surface area contributed by atoms with E-state index >= 15 is 0 Å². The van der Waals surface area contributed by atoms with Gasteiger partial charge in [0, 0.05) is 6.54 Å². The van der Waals surface area contributed by atoms with Crippen molar-refractivity contribution in [2.45, 2.75) is 19.4 Å². The second kappa shape index (κ2) is 10.3. The van der Waals surface area contributed by atoms with Gasteiger partial charge in [0.1, 0.15) is 29.0 Å². The van der Waals surface area contributed by atoms with Crippen LogP contribution in [-0.4, -0.2) is 62.9 Å². The van der Waals surface area contributed by atoms with Crippen molar-refractivity contribution in [2.75, 3.05) is 19.7 Å². The number of amides is 2. The molecule has 0 aromatic heterocycles. The first-order valence-electron chi connectivity index (χ1n) is 10.6. The maximum absolute atomic E-state index is 12.4. The Morgan fingerprint density at radius 3 is 2.44 bits per heavy atom. The molecule has 2 aliphatic heterocycles. The third-order valence-corrected chi connectivity index (χ3v) is 6.77. The number of hydrogen-bond acceptors (Lipinski definition) is 7. The second-order valence-electron chi connectivity index (χ2n) is 7.70. The fourth-order valence-corrected chi connectivity index (χ4v) is 4.96. The van der Waals surface area contributed by atoms with Gasteiger partial charge in [0.05, 0.1) is 10.9 Å². The van der Waals surface area contributed by atoms with E-state index in [9.17, 15) is 14.4 Å². The highest BCUT2D eigenvalue weighted by atomic mass is 32.2. The predicted molar refractivity (Wildman–Crippen MR) is 132 cm³/mol. The SMILES string of the molecule is CCN1C(=O)OCC1Cc1ccc(Oc2ccc(C=C3SC(=S)N(CC(=O)O)C3=O)cc2)cc1. The van der Waals surface area contributed by atoms with Gasteiger partial charge in [-0.3, -0.25) is 14.5 Å². The Kier molecular flexibility index (Phi) is 7.18. The van der Waals surface area contributed by atoms with Gasteiger partial charge >= 0.3 is 12.1 Å². The Morgan fingerprint density at radius 2 is 1.82 bits per heavy atom. The van der Waals surface area contributed by atoms with Gasteiger partial charge in [-0.25, -0.2) is 4.79 Å². The molecule has 8 nitrogen and oxygen atoms in total. The van der Waals surface area contributed by atoms with E-state index in [1.807, 2.05) is 43.3 Å². The Morgan fingerprint density at radius 1 is 1.18 bits per heavy atom. The topological polar surface area (TPSA) is 96.4 Å². The van der Waals surface area contributed by atoms with Gasteiger partial charge in [-0.2, -0.15) is 0 Å². The average Bonchev–Trinajstić information content (AvgIpc) is 3.29. The number of nitrogens with zero attached hydrogens (tertiary/aromatic N) is 2.